The molecule has 2 aliphatic heterocycles. The Hall–Kier alpha value is -7.09. The maximum atomic E-state index is 9.98. The lowest BCUT2D eigenvalue weighted by molar-refractivity contribution is 1.25. The zero-order valence-electron chi connectivity index (χ0n) is 28.9. The second kappa shape index (κ2) is 12.6. The van der Waals surface area contributed by atoms with Crippen LogP contribution in [0.5, 0.6) is 0 Å². The van der Waals surface area contributed by atoms with Crippen molar-refractivity contribution in [2.24, 2.45) is 0 Å². The first-order valence-electron chi connectivity index (χ1n) is 18.0. The molecule has 0 saturated heterocycles. The Kier molecular flexibility index (Phi) is 7.30. The van der Waals surface area contributed by atoms with Gasteiger partial charge >= 0.3 is 0 Å². The van der Waals surface area contributed by atoms with Crippen molar-refractivity contribution in [3.8, 4) is 39.4 Å². The number of nitriles is 1. The number of hydrogen-bond donors (Lipinski definition) is 0. The summed E-state index contributed by atoms with van der Waals surface area (Å²) >= 11 is 0. The Morgan fingerprint density at radius 2 is 0.868 bits per heavy atom. The fraction of sp³-hybridized carbons (Fsp3) is 0. The molecule has 0 spiro atoms. The molecule has 0 amide bonds. The van der Waals surface area contributed by atoms with Gasteiger partial charge in [0.15, 0.2) is 0 Å². The van der Waals surface area contributed by atoms with E-state index >= 15 is 0 Å². The molecule has 53 heavy (non-hydrogen) atoms. The lowest BCUT2D eigenvalue weighted by Crippen LogP contribution is -2.61. The van der Waals surface area contributed by atoms with Gasteiger partial charge in [0.25, 0.3) is 6.71 Å². The Labute approximate surface area is 310 Å². The maximum Gasteiger partial charge on any atom is 0.252 e. The predicted octanol–water partition coefficient (Wildman–Crippen LogP) is 10.6. The molecular weight excluding hydrogens is 641 g/mol. The highest BCUT2D eigenvalue weighted by atomic mass is 15.2. The number of para-hydroxylation sites is 2. The van der Waals surface area contributed by atoms with Gasteiger partial charge in [-0.15, -0.1) is 0 Å². The molecule has 0 fully saturated rings. The third-order valence-electron chi connectivity index (χ3n) is 10.6. The van der Waals surface area contributed by atoms with Crippen LogP contribution in [0.1, 0.15) is 5.56 Å². The van der Waals surface area contributed by atoms with E-state index in [1.165, 1.54) is 44.3 Å². The summed E-state index contributed by atoms with van der Waals surface area (Å²) in [5, 5.41) is 9.98. The predicted molar refractivity (Wildman–Crippen MR) is 221 cm³/mol. The summed E-state index contributed by atoms with van der Waals surface area (Å²) in [4.78, 5) is 4.88. The van der Waals surface area contributed by atoms with Crippen LogP contribution in [0.25, 0.3) is 33.4 Å². The molecule has 0 bridgehead atoms. The van der Waals surface area contributed by atoms with Crippen LogP contribution in [-0.4, -0.2) is 6.71 Å². The Bertz CT molecular complexity index is 2640. The molecule has 3 nitrogen and oxygen atoms in total. The molecule has 2 heterocycles. The van der Waals surface area contributed by atoms with Gasteiger partial charge in [-0.1, -0.05) is 133 Å². The van der Waals surface area contributed by atoms with Crippen LogP contribution in [0, 0.1) is 11.3 Å². The molecule has 4 heteroatoms. The van der Waals surface area contributed by atoms with Crippen LogP contribution in [0.3, 0.4) is 0 Å². The first kappa shape index (κ1) is 30.7. The lowest BCUT2D eigenvalue weighted by Gasteiger charge is -2.44. The Morgan fingerprint density at radius 3 is 1.45 bits per heavy atom. The van der Waals surface area contributed by atoms with E-state index in [9.17, 15) is 5.26 Å². The van der Waals surface area contributed by atoms with Crippen LogP contribution in [0.2, 0.25) is 0 Å². The molecule has 8 aromatic rings. The Balaban J connectivity index is 1.25. The third-order valence-corrected chi connectivity index (χ3v) is 10.6. The van der Waals surface area contributed by atoms with Crippen LogP contribution >= 0.6 is 0 Å². The first-order chi connectivity index (χ1) is 26.3. The normalized spacial score (nSPS) is 12.4. The molecule has 0 saturated carbocycles. The van der Waals surface area contributed by atoms with Gasteiger partial charge in [0.05, 0.1) is 17.3 Å². The van der Waals surface area contributed by atoms with E-state index in [2.05, 4.69) is 192 Å². The largest absolute Gasteiger partial charge is 0.311 e. The van der Waals surface area contributed by atoms with E-state index in [1.54, 1.807) is 0 Å². The fourth-order valence-corrected chi connectivity index (χ4v) is 8.36. The summed E-state index contributed by atoms with van der Waals surface area (Å²) in [7, 11) is 0. The summed E-state index contributed by atoms with van der Waals surface area (Å²) in [6.45, 7) is 0.0329. The number of benzene rings is 8. The first-order valence-corrected chi connectivity index (χ1v) is 18.0. The van der Waals surface area contributed by atoms with Gasteiger partial charge in [-0.25, -0.2) is 0 Å². The van der Waals surface area contributed by atoms with E-state index in [-0.39, 0.29) is 6.71 Å². The smallest absolute Gasteiger partial charge is 0.252 e. The summed E-state index contributed by atoms with van der Waals surface area (Å²) in [6.07, 6.45) is 0. The molecule has 0 aromatic heterocycles. The minimum absolute atomic E-state index is 0.0329. The van der Waals surface area contributed by atoms with Crippen molar-refractivity contribution in [2.75, 3.05) is 9.80 Å². The van der Waals surface area contributed by atoms with E-state index in [4.69, 9.17) is 0 Å². The fourth-order valence-electron chi connectivity index (χ4n) is 8.36. The number of nitrogens with zero attached hydrogens (tertiary/aromatic N) is 3. The highest BCUT2D eigenvalue weighted by Gasteiger charge is 2.43. The number of fused-ring (bicyclic) bond motifs is 4. The van der Waals surface area contributed by atoms with Crippen LogP contribution in [0.15, 0.2) is 194 Å². The van der Waals surface area contributed by atoms with Gasteiger partial charge in [-0.2, -0.15) is 5.26 Å². The van der Waals surface area contributed by atoms with Gasteiger partial charge in [0.1, 0.15) is 0 Å². The number of anilines is 6. The zero-order valence-corrected chi connectivity index (χ0v) is 28.9. The lowest BCUT2D eigenvalue weighted by atomic mass is 9.33. The number of rotatable bonds is 5. The topological polar surface area (TPSA) is 30.3 Å². The van der Waals surface area contributed by atoms with Crippen molar-refractivity contribution in [1.29, 1.82) is 5.26 Å². The van der Waals surface area contributed by atoms with Gasteiger partial charge in [-0.3, -0.25) is 0 Å². The van der Waals surface area contributed by atoms with Crippen molar-refractivity contribution in [2.45, 2.75) is 0 Å². The summed E-state index contributed by atoms with van der Waals surface area (Å²) in [5.41, 5.74) is 18.0. The van der Waals surface area contributed by atoms with Gasteiger partial charge in [0, 0.05) is 34.0 Å². The van der Waals surface area contributed by atoms with E-state index < -0.39 is 0 Å². The van der Waals surface area contributed by atoms with Crippen LogP contribution in [0.4, 0.5) is 34.1 Å². The maximum absolute atomic E-state index is 9.98. The zero-order chi connectivity index (χ0) is 35.3. The standard InChI is InChI=1S/C49H32BN3/c51-33-34-27-28-44(41(29-34)37-19-8-3-9-20-37)53-46-24-13-11-22-43(46)50-42-21-10-12-23-45(42)52(47-25-14-26-48(53)49(47)50)40-31-38(35-15-4-1-5-16-35)30-39(32-40)36-17-6-2-7-18-36/h1-32H. The van der Waals surface area contributed by atoms with Crippen molar-refractivity contribution >= 4 is 57.2 Å². The quantitative estimate of drug-likeness (QED) is 0.170. The van der Waals surface area contributed by atoms with Gasteiger partial charge < -0.3 is 9.80 Å². The summed E-state index contributed by atoms with van der Waals surface area (Å²) in [6, 6.07) is 71.6. The minimum atomic E-state index is 0.0329. The van der Waals surface area contributed by atoms with Crippen molar-refractivity contribution in [3.63, 3.8) is 0 Å². The molecule has 246 valence electrons. The van der Waals surface area contributed by atoms with Crippen LogP contribution < -0.4 is 26.2 Å². The molecule has 10 rings (SSSR count). The average molecular weight is 674 g/mol. The van der Waals surface area contributed by atoms with Crippen molar-refractivity contribution < 1.29 is 0 Å². The summed E-state index contributed by atoms with van der Waals surface area (Å²) in [5.74, 6) is 0. The highest BCUT2D eigenvalue weighted by molar-refractivity contribution is 7.00. The number of hydrogen-bond acceptors (Lipinski definition) is 3. The molecule has 0 atom stereocenters. The van der Waals surface area contributed by atoms with Gasteiger partial charge in [-0.05, 0) is 105 Å². The monoisotopic (exact) mass is 673 g/mol. The van der Waals surface area contributed by atoms with E-state index in [0.717, 1.165) is 39.6 Å². The second-order valence-electron chi connectivity index (χ2n) is 13.6. The van der Waals surface area contributed by atoms with Crippen molar-refractivity contribution in [3.05, 3.63) is 200 Å². The van der Waals surface area contributed by atoms with Crippen molar-refractivity contribution in [1.82, 2.24) is 0 Å². The molecule has 0 unspecified atom stereocenters. The highest BCUT2D eigenvalue weighted by Crippen LogP contribution is 2.47. The van der Waals surface area contributed by atoms with Crippen LogP contribution in [-0.2, 0) is 0 Å². The van der Waals surface area contributed by atoms with Gasteiger partial charge in [0.2, 0.25) is 0 Å². The SMILES string of the molecule is N#Cc1ccc(N2c3ccccc3B3c4ccccc4N(c4cc(-c5ccccc5)cc(-c5ccccc5)c4)c4cccc2c43)c(-c2ccccc2)c1. The Morgan fingerprint density at radius 1 is 0.377 bits per heavy atom. The molecule has 0 N–H and O–H groups in total. The molecule has 8 aromatic carbocycles. The van der Waals surface area contributed by atoms with E-state index in [1.807, 2.05) is 18.2 Å². The molecule has 0 radical (unpaired) electrons. The average Bonchev–Trinajstić information content (AvgIpc) is 3.24. The molecule has 0 aliphatic carbocycles. The third kappa shape index (κ3) is 5.06. The minimum Gasteiger partial charge on any atom is -0.311 e. The summed E-state index contributed by atoms with van der Waals surface area (Å²) < 4.78 is 0. The molecular formula is C49H32BN3. The van der Waals surface area contributed by atoms with E-state index in [0.29, 0.717) is 5.56 Å². The second-order valence-corrected chi connectivity index (χ2v) is 13.6. The molecule has 2 aliphatic rings.